The van der Waals surface area contributed by atoms with E-state index in [2.05, 4.69) is 4.72 Å². The molecule has 2 aromatic carbocycles. The molecule has 0 amide bonds. The largest absolute Gasteiger partial charge is 0.497 e. The highest BCUT2D eigenvalue weighted by atomic mass is 35.5. The summed E-state index contributed by atoms with van der Waals surface area (Å²) in [5, 5.41) is 0.779. The van der Waals surface area contributed by atoms with Gasteiger partial charge in [0.05, 0.1) is 22.4 Å². The topological polar surface area (TPSA) is 119 Å². The van der Waals surface area contributed by atoms with Gasteiger partial charge in [-0.25, -0.2) is 21.6 Å². The summed E-state index contributed by atoms with van der Waals surface area (Å²) in [6.07, 6.45) is 2.74. The van der Waals surface area contributed by atoms with Crippen molar-refractivity contribution in [2.45, 2.75) is 60.8 Å². The zero-order valence-corrected chi connectivity index (χ0v) is 25.5. The molecule has 0 aromatic heterocycles. The Hall–Kier alpha value is -1.56. The minimum absolute atomic E-state index is 0.0155. The smallest absolute Gasteiger partial charge is 0.243 e. The second kappa shape index (κ2) is 14.4. The van der Waals surface area contributed by atoms with Crippen LogP contribution in [-0.4, -0.2) is 58.8 Å². The van der Waals surface area contributed by atoms with Gasteiger partial charge in [0.15, 0.2) is 8.46 Å². The van der Waals surface area contributed by atoms with Gasteiger partial charge in [-0.05, 0) is 87.7 Å². The Labute approximate surface area is 241 Å². The highest BCUT2D eigenvalue weighted by Gasteiger charge is 2.44. The number of benzene rings is 2. The van der Waals surface area contributed by atoms with Crippen LogP contribution in [0, 0.1) is 0 Å². The first-order valence-corrected chi connectivity index (χ1v) is 16.9. The SMILES string of the molecule is CCOC(=CCCC(OCC)P=O)[C@@H]1C[C@@H](NS(=O)(=O)c2ccc(Cl)cc2)CN1S(=O)(=O)c1ccc(Cl)cc1. The molecule has 2 aromatic rings. The van der Waals surface area contributed by atoms with E-state index in [1.54, 1.807) is 13.0 Å². The van der Waals surface area contributed by atoms with Crippen LogP contribution >= 0.6 is 31.7 Å². The molecule has 14 heteroatoms. The van der Waals surface area contributed by atoms with Gasteiger partial charge in [-0.15, -0.1) is 0 Å². The van der Waals surface area contributed by atoms with Gasteiger partial charge in [0.2, 0.25) is 20.0 Å². The second-order valence-electron chi connectivity index (χ2n) is 8.68. The molecule has 1 aliphatic rings. The predicted molar refractivity (Wildman–Crippen MR) is 151 cm³/mol. The lowest BCUT2D eigenvalue weighted by molar-refractivity contribution is 0.115. The van der Waals surface area contributed by atoms with Crippen LogP contribution < -0.4 is 4.72 Å². The molecule has 1 heterocycles. The molecule has 0 aliphatic carbocycles. The van der Waals surface area contributed by atoms with Crippen LogP contribution in [0.25, 0.3) is 0 Å². The first-order chi connectivity index (χ1) is 18.5. The van der Waals surface area contributed by atoms with Crippen molar-refractivity contribution in [2.75, 3.05) is 19.8 Å². The fraction of sp³-hybridized carbons (Fsp3) is 0.440. The number of hydrogen-bond acceptors (Lipinski definition) is 7. The van der Waals surface area contributed by atoms with Gasteiger partial charge in [0, 0.05) is 29.2 Å². The fourth-order valence-electron chi connectivity index (χ4n) is 4.24. The quantitative estimate of drug-likeness (QED) is 0.216. The van der Waals surface area contributed by atoms with Gasteiger partial charge in [-0.3, -0.25) is 4.57 Å². The monoisotopic (exact) mass is 636 g/mol. The van der Waals surface area contributed by atoms with Crippen molar-refractivity contribution in [1.29, 1.82) is 0 Å². The van der Waals surface area contributed by atoms with Crippen LogP contribution in [0.15, 0.2) is 70.2 Å². The first-order valence-electron chi connectivity index (χ1n) is 12.3. The molecule has 1 N–H and O–H groups in total. The maximum absolute atomic E-state index is 13.7. The number of allylic oxidation sites excluding steroid dienone is 1. The molecular weight excluding hydrogens is 606 g/mol. The average molecular weight is 638 g/mol. The van der Waals surface area contributed by atoms with E-state index >= 15 is 0 Å². The van der Waals surface area contributed by atoms with Crippen molar-refractivity contribution in [3.05, 3.63) is 70.4 Å². The summed E-state index contributed by atoms with van der Waals surface area (Å²) in [6, 6.07) is 9.97. The van der Waals surface area contributed by atoms with Crippen molar-refractivity contribution < 1.29 is 30.9 Å². The van der Waals surface area contributed by atoms with Crippen molar-refractivity contribution in [1.82, 2.24) is 9.03 Å². The molecule has 1 saturated heterocycles. The maximum Gasteiger partial charge on any atom is 0.243 e. The van der Waals surface area contributed by atoms with Gasteiger partial charge in [0.25, 0.3) is 0 Å². The van der Waals surface area contributed by atoms with Gasteiger partial charge >= 0.3 is 0 Å². The van der Waals surface area contributed by atoms with Crippen LogP contribution in [0.4, 0.5) is 0 Å². The molecule has 0 bridgehead atoms. The van der Waals surface area contributed by atoms with Crippen LogP contribution in [-0.2, 0) is 34.1 Å². The van der Waals surface area contributed by atoms with Gasteiger partial charge < -0.3 is 9.47 Å². The lowest BCUT2D eigenvalue weighted by Crippen LogP contribution is -2.40. The van der Waals surface area contributed by atoms with Crippen molar-refractivity contribution in [2.24, 2.45) is 0 Å². The van der Waals surface area contributed by atoms with E-state index in [4.69, 9.17) is 32.7 Å². The standard InChI is InChI=1S/C25H31Cl2N2O7PS2/c1-3-35-24(6-5-7-25(37-30)36-4-2)23-16-20(28-38(31,32)21-12-8-18(26)9-13-21)17-29(23)39(33,34)22-14-10-19(27)11-15-22/h6,8-15,20,23,25,28H,3-5,7,16-17H2,1-2H3/t20-,23+,25?/m1/s1. The Morgan fingerprint density at radius 3 is 2.15 bits per heavy atom. The number of rotatable bonds is 14. The molecule has 39 heavy (non-hydrogen) atoms. The summed E-state index contributed by atoms with van der Waals surface area (Å²) in [7, 11) is -8.15. The van der Waals surface area contributed by atoms with E-state index in [0.717, 1.165) is 0 Å². The molecule has 9 nitrogen and oxygen atoms in total. The highest BCUT2D eigenvalue weighted by Crippen LogP contribution is 2.33. The number of hydrogen-bond donors (Lipinski definition) is 1. The predicted octanol–water partition coefficient (Wildman–Crippen LogP) is 5.46. The third kappa shape index (κ3) is 8.47. The Balaban J connectivity index is 1.94. The molecule has 1 fully saturated rings. The molecule has 3 rings (SSSR count). The van der Waals surface area contributed by atoms with Crippen molar-refractivity contribution in [3.63, 3.8) is 0 Å². The van der Waals surface area contributed by atoms with Crippen molar-refractivity contribution in [3.8, 4) is 0 Å². The summed E-state index contributed by atoms with van der Waals surface area (Å²) < 4.78 is 80.2. The Morgan fingerprint density at radius 2 is 1.62 bits per heavy atom. The van der Waals surface area contributed by atoms with Crippen molar-refractivity contribution >= 4 is 51.7 Å². The highest BCUT2D eigenvalue weighted by molar-refractivity contribution is 7.89. The van der Waals surface area contributed by atoms with E-state index in [9.17, 15) is 21.4 Å². The van der Waals surface area contributed by atoms with Gasteiger partial charge in [-0.1, -0.05) is 23.2 Å². The second-order valence-corrected chi connectivity index (χ2v) is 13.9. The molecule has 0 spiro atoms. The third-order valence-electron chi connectivity index (χ3n) is 6.00. The normalized spacial score (nSPS) is 19.8. The third-order valence-corrected chi connectivity index (χ3v) is 10.6. The van der Waals surface area contributed by atoms with Crippen LogP contribution in [0.3, 0.4) is 0 Å². The number of ether oxygens (including phenoxy) is 2. The minimum Gasteiger partial charge on any atom is -0.497 e. The van der Waals surface area contributed by atoms with E-state index < -0.39 is 38.0 Å². The van der Waals surface area contributed by atoms with E-state index in [-0.39, 0.29) is 37.8 Å². The maximum atomic E-state index is 13.7. The number of halogens is 2. The summed E-state index contributed by atoms with van der Waals surface area (Å²) in [6.45, 7) is 4.15. The molecule has 1 unspecified atom stereocenters. The fourth-order valence-corrected chi connectivity index (χ4v) is 7.85. The molecule has 0 saturated carbocycles. The van der Waals surface area contributed by atoms with Crippen LogP contribution in [0.1, 0.15) is 33.1 Å². The van der Waals surface area contributed by atoms with Crippen LogP contribution in [0.2, 0.25) is 10.0 Å². The molecule has 214 valence electrons. The first kappa shape index (κ1) is 32.0. The van der Waals surface area contributed by atoms with E-state index in [0.29, 0.717) is 35.3 Å². The zero-order chi connectivity index (χ0) is 28.6. The summed E-state index contributed by atoms with van der Waals surface area (Å²) in [4.78, 5) is 0.0392. The zero-order valence-electron chi connectivity index (χ0n) is 21.5. The molecular formula is C25H31Cl2N2O7PS2. The lowest BCUT2D eigenvalue weighted by Gasteiger charge is -2.26. The Bertz CT molecular complexity index is 1360. The summed E-state index contributed by atoms with van der Waals surface area (Å²) in [5.74, 6) is -0.105. The number of nitrogens with one attached hydrogen (secondary N) is 1. The average Bonchev–Trinajstić information content (AvgIpc) is 3.32. The molecule has 3 atom stereocenters. The van der Waals surface area contributed by atoms with Gasteiger partial charge in [-0.2, -0.15) is 4.31 Å². The Kier molecular flexibility index (Phi) is 11.8. The summed E-state index contributed by atoms with van der Waals surface area (Å²) in [5.41, 5.74) is 0. The number of sulfonamides is 2. The Morgan fingerprint density at radius 1 is 1.03 bits per heavy atom. The minimum atomic E-state index is -4.06. The molecule has 0 radical (unpaired) electrons. The van der Waals surface area contributed by atoms with E-state index in [1.807, 2.05) is 6.92 Å². The van der Waals surface area contributed by atoms with Crippen LogP contribution in [0.5, 0.6) is 0 Å². The van der Waals surface area contributed by atoms with Gasteiger partial charge in [0.1, 0.15) is 11.6 Å². The number of nitrogens with zero attached hydrogens (tertiary/aromatic N) is 1. The summed E-state index contributed by atoms with van der Waals surface area (Å²) >= 11 is 11.9. The molecule has 1 aliphatic heterocycles. The lowest BCUT2D eigenvalue weighted by atomic mass is 10.1. The van der Waals surface area contributed by atoms with E-state index in [1.165, 1.54) is 52.8 Å².